The van der Waals surface area contributed by atoms with Crippen molar-refractivity contribution in [3.8, 4) is 0 Å². The molecule has 2 heterocycles. The van der Waals surface area contributed by atoms with Gasteiger partial charge in [0.15, 0.2) is 9.84 Å². The number of halogens is 1. The van der Waals surface area contributed by atoms with Gasteiger partial charge in [0, 0.05) is 11.0 Å². The van der Waals surface area contributed by atoms with E-state index in [4.69, 9.17) is 0 Å². The minimum atomic E-state index is -3.11. The van der Waals surface area contributed by atoms with Crippen LogP contribution in [0.3, 0.4) is 0 Å². The standard InChI is InChI=1S/C12H13BrN2O4S2/c13-10-3-1-9(20-10)2-4-11(16)14-15-12(17)8-5-6-21(18,19)7-8/h1-4,8H,5-7H2,(H,14,16)(H,15,17)/b4-2+/t8-/m1/s1. The highest BCUT2D eigenvalue weighted by molar-refractivity contribution is 9.11. The Hall–Kier alpha value is -1.19. The van der Waals surface area contributed by atoms with E-state index < -0.39 is 27.6 Å². The smallest absolute Gasteiger partial charge is 0.262 e. The molecule has 6 nitrogen and oxygen atoms in total. The van der Waals surface area contributed by atoms with Crippen LogP contribution in [0.2, 0.25) is 0 Å². The van der Waals surface area contributed by atoms with Crippen molar-refractivity contribution in [2.75, 3.05) is 11.5 Å². The summed E-state index contributed by atoms with van der Waals surface area (Å²) in [5.74, 6) is -1.68. The Labute approximate surface area is 134 Å². The first-order chi connectivity index (χ1) is 9.85. The van der Waals surface area contributed by atoms with Crippen molar-refractivity contribution in [1.82, 2.24) is 10.9 Å². The minimum absolute atomic E-state index is 0.0200. The Morgan fingerprint density at radius 1 is 1.33 bits per heavy atom. The molecule has 2 amide bonds. The molecular formula is C12H13BrN2O4S2. The summed E-state index contributed by atoms with van der Waals surface area (Å²) >= 11 is 4.78. The molecule has 0 spiro atoms. The van der Waals surface area contributed by atoms with Crippen molar-refractivity contribution in [2.45, 2.75) is 6.42 Å². The first-order valence-electron chi connectivity index (χ1n) is 6.09. The molecule has 2 rings (SSSR count). The summed E-state index contributed by atoms with van der Waals surface area (Å²) in [6.07, 6.45) is 3.21. The third-order valence-corrected chi connectivity index (χ3v) is 6.26. The zero-order valence-corrected chi connectivity index (χ0v) is 14.1. The molecule has 1 aliphatic rings. The number of carbonyl (C=O) groups is 2. The lowest BCUT2D eigenvalue weighted by molar-refractivity contribution is -0.129. The molecule has 0 bridgehead atoms. The van der Waals surface area contributed by atoms with Gasteiger partial charge in [-0.3, -0.25) is 20.4 Å². The molecule has 2 N–H and O–H groups in total. The van der Waals surface area contributed by atoms with Crippen molar-refractivity contribution in [1.29, 1.82) is 0 Å². The van der Waals surface area contributed by atoms with E-state index in [1.165, 1.54) is 17.4 Å². The largest absolute Gasteiger partial charge is 0.273 e. The number of sulfone groups is 1. The highest BCUT2D eigenvalue weighted by atomic mass is 79.9. The van der Waals surface area contributed by atoms with Crippen LogP contribution in [-0.4, -0.2) is 31.7 Å². The average Bonchev–Trinajstić information content (AvgIpc) is 2.99. The van der Waals surface area contributed by atoms with Crippen LogP contribution >= 0.6 is 27.3 Å². The van der Waals surface area contributed by atoms with E-state index in [1.807, 2.05) is 12.1 Å². The lowest BCUT2D eigenvalue weighted by Crippen LogP contribution is -2.44. The number of hydrazine groups is 1. The van der Waals surface area contributed by atoms with E-state index in [0.717, 1.165) is 8.66 Å². The molecule has 1 atom stereocenters. The summed E-state index contributed by atoms with van der Waals surface area (Å²) in [6, 6.07) is 3.71. The molecule has 114 valence electrons. The predicted molar refractivity (Wildman–Crippen MR) is 84.1 cm³/mol. The summed E-state index contributed by atoms with van der Waals surface area (Å²) in [6.45, 7) is 0. The van der Waals surface area contributed by atoms with Crippen LogP contribution in [-0.2, 0) is 19.4 Å². The van der Waals surface area contributed by atoms with Crippen LogP contribution in [0.5, 0.6) is 0 Å². The van der Waals surface area contributed by atoms with E-state index in [1.54, 1.807) is 6.08 Å². The molecule has 21 heavy (non-hydrogen) atoms. The molecular weight excluding hydrogens is 380 g/mol. The molecule has 0 saturated carbocycles. The Morgan fingerprint density at radius 3 is 2.67 bits per heavy atom. The first kappa shape index (κ1) is 16.2. The number of carbonyl (C=O) groups excluding carboxylic acids is 2. The number of amides is 2. The second kappa shape index (κ2) is 6.71. The second-order valence-electron chi connectivity index (χ2n) is 4.55. The van der Waals surface area contributed by atoms with Gasteiger partial charge in [-0.15, -0.1) is 11.3 Å². The lowest BCUT2D eigenvalue weighted by Gasteiger charge is -2.09. The number of hydrogen-bond donors (Lipinski definition) is 2. The minimum Gasteiger partial charge on any atom is -0.273 e. The third kappa shape index (κ3) is 4.94. The summed E-state index contributed by atoms with van der Waals surface area (Å²) in [4.78, 5) is 24.1. The molecule has 1 fully saturated rings. The van der Waals surface area contributed by atoms with Gasteiger partial charge in [0.2, 0.25) is 5.91 Å². The van der Waals surface area contributed by atoms with E-state index in [9.17, 15) is 18.0 Å². The fraction of sp³-hybridized carbons (Fsp3) is 0.333. The van der Waals surface area contributed by atoms with Crippen LogP contribution in [0.15, 0.2) is 22.0 Å². The van der Waals surface area contributed by atoms with Gasteiger partial charge in [0.05, 0.1) is 21.2 Å². The topological polar surface area (TPSA) is 92.3 Å². The van der Waals surface area contributed by atoms with Crippen LogP contribution in [0.4, 0.5) is 0 Å². The predicted octanol–water partition coefficient (Wildman–Crippen LogP) is 1.11. The van der Waals surface area contributed by atoms with Crippen LogP contribution < -0.4 is 10.9 Å². The Balaban J connectivity index is 1.79. The lowest BCUT2D eigenvalue weighted by atomic mass is 10.1. The Morgan fingerprint density at radius 2 is 2.10 bits per heavy atom. The van der Waals surface area contributed by atoms with E-state index >= 15 is 0 Å². The fourth-order valence-corrected chi connectivity index (χ4v) is 4.91. The van der Waals surface area contributed by atoms with Crippen LogP contribution in [0.25, 0.3) is 6.08 Å². The van der Waals surface area contributed by atoms with Gasteiger partial charge in [-0.25, -0.2) is 8.42 Å². The van der Waals surface area contributed by atoms with Crippen molar-refractivity contribution < 1.29 is 18.0 Å². The molecule has 0 radical (unpaired) electrons. The fourth-order valence-electron chi connectivity index (χ4n) is 1.84. The molecule has 9 heteroatoms. The summed E-state index contributed by atoms with van der Waals surface area (Å²) in [5.41, 5.74) is 4.48. The zero-order valence-electron chi connectivity index (χ0n) is 10.8. The van der Waals surface area contributed by atoms with E-state index in [2.05, 4.69) is 26.8 Å². The maximum Gasteiger partial charge on any atom is 0.262 e. The van der Waals surface area contributed by atoms with E-state index in [0.29, 0.717) is 6.42 Å². The average molecular weight is 393 g/mol. The summed E-state index contributed by atoms with van der Waals surface area (Å²) in [7, 11) is -3.11. The first-order valence-corrected chi connectivity index (χ1v) is 9.52. The number of nitrogens with one attached hydrogen (secondary N) is 2. The van der Waals surface area contributed by atoms with Crippen molar-refractivity contribution in [3.05, 3.63) is 26.9 Å². The highest BCUT2D eigenvalue weighted by Crippen LogP contribution is 2.22. The van der Waals surface area contributed by atoms with Crippen LogP contribution in [0, 0.1) is 5.92 Å². The maximum atomic E-state index is 11.7. The second-order valence-corrected chi connectivity index (χ2v) is 9.28. The van der Waals surface area contributed by atoms with Gasteiger partial charge in [-0.05, 0) is 40.6 Å². The SMILES string of the molecule is O=C(/C=C/c1ccc(Br)s1)NNC(=O)[C@@H]1CCS(=O)(=O)C1. The quantitative estimate of drug-likeness (QED) is 0.595. The van der Waals surface area contributed by atoms with Crippen molar-refractivity contribution >= 4 is 55.0 Å². The van der Waals surface area contributed by atoms with Crippen molar-refractivity contribution in [2.24, 2.45) is 5.92 Å². The molecule has 1 saturated heterocycles. The van der Waals surface area contributed by atoms with Crippen molar-refractivity contribution in [3.63, 3.8) is 0 Å². The third-order valence-electron chi connectivity index (χ3n) is 2.91. The maximum absolute atomic E-state index is 11.7. The number of thiophene rings is 1. The molecule has 1 aliphatic heterocycles. The normalized spacial score (nSPS) is 20.5. The molecule has 0 aromatic carbocycles. The molecule has 0 unspecified atom stereocenters. The Bertz CT molecular complexity index is 681. The van der Waals surface area contributed by atoms with Gasteiger partial charge >= 0.3 is 0 Å². The highest BCUT2D eigenvalue weighted by Gasteiger charge is 2.32. The zero-order chi connectivity index (χ0) is 15.5. The van der Waals surface area contributed by atoms with Gasteiger partial charge in [-0.2, -0.15) is 0 Å². The molecule has 1 aromatic rings. The van der Waals surface area contributed by atoms with Gasteiger partial charge in [0.25, 0.3) is 5.91 Å². The van der Waals surface area contributed by atoms with Gasteiger partial charge in [-0.1, -0.05) is 0 Å². The summed E-state index contributed by atoms with van der Waals surface area (Å²) in [5, 5.41) is 0. The monoisotopic (exact) mass is 392 g/mol. The number of hydrogen-bond acceptors (Lipinski definition) is 5. The molecule has 1 aromatic heterocycles. The van der Waals surface area contributed by atoms with Crippen LogP contribution in [0.1, 0.15) is 11.3 Å². The van der Waals surface area contributed by atoms with Gasteiger partial charge < -0.3 is 0 Å². The summed E-state index contributed by atoms with van der Waals surface area (Å²) < 4.78 is 23.5. The van der Waals surface area contributed by atoms with Gasteiger partial charge in [0.1, 0.15) is 0 Å². The molecule has 0 aliphatic carbocycles. The Kier molecular flexibility index (Phi) is 5.17. The number of rotatable bonds is 3. The van der Waals surface area contributed by atoms with E-state index in [-0.39, 0.29) is 11.5 Å².